The lowest BCUT2D eigenvalue weighted by molar-refractivity contribution is -0.120. The molecular formula is C24H34N4O3. The van der Waals surface area contributed by atoms with Gasteiger partial charge in [-0.05, 0) is 69.3 Å². The summed E-state index contributed by atoms with van der Waals surface area (Å²) in [6, 6.07) is 8.21. The molecule has 1 aromatic heterocycles. The average Bonchev–Trinajstić information content (AvgIpc) is 3.40. The predicted octanol–water partition coefficient (Wildman–Crippen LogP) is 3.46. The number of carbonyl (C=O) groups is 1. The van der Waals surface area contributed by atoms with E-state index in [0.29, 0.717) is 19.0 Å². The molecule has 2 aromatic rings. The van der Waals surface area contributed by atoms with Gasteiger partial charge in [-0.15, -0.1) is 0 Å². The molecule has 7 heteroatoms. The van der Waals surface area contributed by atoms with Gasteiger partial charge in [-0.2, -0.15) is 5.10 Å². The molecule has 1 amide bonds. The number of β-amino-alcohol motifs (C(OH)–C–C–N with tert-alkyl or cyclic N) is 1. The second-order valence-corrected chi connectivity index (χ2v) is 9.22. The van der Waals surface area contributed by atoms with Crippen molar-refractivity contribution in [2.75, 3.05) is 31.6 Å². The molecule has 0 spiro atoms. The standard InChI is InChI=1S/C24H34N4O3/c1-18-8-9-21(14-19(18)2)31-17-24(30)11-5-13-27(16-24)15-23(29)26-22-10-12-25-28(22)20-6-3-4-7-20/h8-10,12,14,20,30H,3-7,11,13,15-17H2,1-2H3,(H,26,29). The minimum atomic E-state index is -0.955. The van der Waals surface area contributed by atoms with Gasteiger partial charge in [-0.1, -0.05) is 18.9 Å². The summed E-state index contributed by atoms with van der Waals surface area (Å²) in [5.74, 6) is 1.47. The normalized spacial score (nSPS) is 22.5. The van der Waals surface area contributed by atoms with Crippen molar-refractivity contribution in [1.29, 1.82) is 0 Å². The van der Waals surface area contributed by atoms with Crippen LogP contribution in [0.5, 0.6) is 5.75 Å². The molecule has 7 nitrogen and oxygen atoms in total. The molecule has 31 heavy (non-hydrogen) atoms. The van der Waals surface area contributed by atoms with E-state index in [2.05, 4.69) is 24.3 Å². The lowest BCUT2D eigenvalue weighted by atomic mass is 9.93. The molecule has 0 radical (unpaired) electrons. The monoisotopic (exact) mass is 426 g/mol. The number of piperidine rings is 1. The summed E-state index contributed by atoms with van der Waals surface area (Å²) < 4.78 is 7.86. The van der Waals surface area contributed by atoms with Crippen LogP contribution in [0.1, 0.15) is 55.7 Å². The van der Waals surface area contributed by atoms with E-state index in [1.54, 1.807) is 6.20 Å². The first-order valence-corrected chi connectivity index (χ1v) is 11.4. The molecule has 1 aliphatic carbocycles. The van der Waals surface area contributed by atoms with Crippen LogP contribution in [0.15, 0.2) is 30.5 Å². The highest BCUT2D eigenvalue weighted by molar-refractivity contribution is 5.91. The summed E-state index contributed by atoms with van der Waals surface area (Å²) in [5.41, 5.74) is 1.43. The Kier molecular flexibility index (Phi) is 6.62. The Morgan fingerprint density at radius 3 is 2.81 bits per heavy atom. The number of anilines is 1. The Morgan fingerprint density at radius 2 is 2.03 bits per heavy atom. The van der Waals surface area contributed by atoms with E-state index in [1.165, 1.54) is 24.0 Å². The molecule has 1 atom stereocenters. The zero-order valence-electron chi connectivity index (χ0n) is 18.6. The molecule has 2 aliphatic rings. The number of aryl methyl sites for hydroxylation is 2. The fourth-order valence-corrected chi connectivity index (χ4v) is 4.72. The van der Waals surface area contributed by atoms with E-state index in [1.807, 2.05) is 33.8 Å². The summed E-state index contributed by atoms with van der Waals surface area (Å²) in [6.45, 7) is 5.81. The Bertz CT molecular complexity index is 906. The highest BCUT2D eigenvalue weighted by Crippen LogP contribution is 2.31. The molecule has 4 rings (SSSR count). The van der Waals surface area contributed by atoms with E-state index in [4.69, 9.17) is 4.74 Å². The Hall–Kier alpha value is -2.38. The van der Waals surface area contributed by atoms with Gasteiger partial charge < -0.3 is 15.2 Å². The Balaban J connectivity index is 1.30. The fourth-order valence-electron chi connectivity index (χ4n) is 4.72. The van der Waals surface area contributed by atoms with Gasteiger partial charge >= 0.3 is 0 Å². The number of amides is 1. The highest BCUT2D eigenvalue weighted by atomic mass is 16.5. The van der Waals surface area contributed by atoms with Gasteiger partial charge in [0.25, 0.3) is 0 Å². The molecule has 2 fully saturated rings. The van der Waals surface area contributed by atoms with E-state index < -0.39 is 5.60 Å². The number of aromatic nitrogens is 2. The van der Waals surface area contributed by atoms with Gasteiger partial charge in [-0.25, -0.2) is 4.68 Å². The van der Waals surface area contributed by atoms with E-state index in [-0.39, 0.29) is 19.1 Å². The molecule has 2 N–H and O–H groups in total. The summed E-state index contributed by atoms with van der Waals surface area (Å²) >= 11 is 0. The number of nitrogens with zero attached hydrogens (tertiary/aromatic N) is 3. The topological polar surface area (TPSA) is 79.6 Å². The number of nitrogens with one attached hydrogen (secondary N) is 1. The van der Waals surface area contributed by atoms with Gasteiger partial charge in [0.1, 0.15) is 23.8 Å². The van der Waals surface area contributed by atoms with Crippen LogP contribution >= 0.6 is 0 Å². The first-order valence-electron chi connectivity index (χ1n) is 11.4. The number of rotatable bonds is 7. The van der Waals surface area contributed by atoms with Crippen LogP contribution in [0.4, 0.5) is 5.82 Å². The lowest BCUT2D eigenvalue weighted by Crippen LogP contribution is -2.53. The third-order valence-corrected chi connectivity index (χ3v) is 6.60. The molecular weight excluding hydrogens is 392 g/mol. The molecule has 1 saturated heterocycles. The van der Waals surface area contributed by atoms with Crippen LogP contribution in [0.25, 0.3) is 0 Å². The van der Waals surface area contributed by atoms with Crippen LogP contribution in [0, 0.1) is 13.8 Å². The number of carbonyl (C=O) groups excluding carboxylic acids is 1. The van der Waals surface area contributed by atoms with Crippen molar-refractivity contribution < 1.29 is 14.6 Å². The molecule has 0 bridgehead atoms. The molecule has 168 valence electrons. The summed E-state index contributed by atoms with van der Waals surface area (Å²) in [6.07, 6.45) is 7.92. The first kappa shape index (κ1) is 21.8. The molecule has 1 aromatic carbocycles. The van der Waals surface area contributed by atoms with E-state index >= 15 is 0 Å². The number of benzene rings is 1. The maximum Gasteiger partial charge on any atom is 0.239 e. The van der Waals surface area contributed by atoms with Gasteiger partial charge in [0.2, 0.25) is 5.91 Å². The van der Waals surface area contributed by atoms with E-state index in [9.17, 15) is 9.90 Å². The summed E-state index contributed by atoms with van der Waals surface area (Å²) in [7, 11) is 0. The van der Waals surface area contributed by atoms with Crippen molar-refractivity contribution in [3.63, 3.8) is 0 Å². The SMILES string of the molecule is Cc1ccc(OCC2(O)CCCN(CC(=O)Nc3ccnn3C3CCCC3)C2)cc1C. The number of aliphatic hydroxyl groups is 1. The minimum absolute atomic E-state index is 0.0703. The molecule has 1 aliphatic heterocycles. The van der Waals surface area contributed by atoms with Gasteiger partial charge in [0, 0.05) is 12.6 Å². The molecule has 1 saturated carbocycles. The summed E-state index contributed by atoms with van der Waals surface area (Å²) in [5, 5.41) is 18.5. The van der Waals surface area contributed by atoms with Crippen LogP contribution in [-0.4, -0.2) is 57.5 Å². The fraction of sp³-hybridized carbons (Fsp3) is 0.583. The largest absolute Gasteiger partial charge is 0.491 e. The van der Waals surface area contributed by atoms with Crippen LogP contribution in [0.2, 0.25) is 0 Å². The number of hydrogen-bond acceptors (Lipinski definition) is 5. The first-order chi connectivity index (χ1) is 14.9. The Morgan fingerprint density at radius 1 is 1.23 bits per heavy atom. The molecule has 2 heterocycles. The van der Waals surface area contributed by atoms with Gasteiger partial charge in [0.15, 0.2) is 0 Å². The maximum atomic E-state index is 12.7. The summed E-state index contributed by atoms with van der Waals surface area (Å²) in [4.78, 5) is 14.7. The zero-order chi connectivity index (χ0) is 21.8. The lowest BCUT2D eigenvalue weighted by Gasteiger charge is -2.38. The quantitative estimate of drug-likeness (QED) is 0.709. The number of hydrogen-bond donors (Lipinski definition) is 2. The van der Waals surface area contributed by atoms with Gasteiger partial charge in [0.05, 0.1) is 18.8 Å². The second kappa shape index (κ2) is 9.40. The third kappa shape index (κ3) is 5.46. The van der Waals surface area contributed by atoms with Crippen molar-refractivity contribution in [2.45, 2.75) is 64.0 Å². The van der Waals surface area contributed by atoms with Crippen molar-refractivity contribution in [1.82, 2.24) is 14.7 Å². The second-order valence-electron chi connectivity index (χ2n) is 9.22. The zero-order valence-corrected chi connectivity index (χ0v) is 18.6. The van der Waals surface area contributed by atoms with Gasteiger partial charge in [-0.3, -0.25) is 9.69 Å². The van der Waals surface area contributed by atoms with E-state index in [0.717, 1.165) is 37.4 Å². The third-order valence-electron chi connectivity index (χ3n) is 6.60. The van der Waals surface area contributed by atoms with Crippen molar-refractivity contribution in [3.05, 3.63) is 41.6 Å². The average molecular weight is 427 g/mol. The number of likely N-dealkylation sites (tertiary alicyclic amines) is 1. The van der Waals surface area contributed by atoms with Crippen LogP contribution in [-0.2, 0) is 4.79 Å². The van der Waals surface area contributed by atoms with Crippen molar-refractivity contribution in [2.24, 2.45) is 0 Å². The number of ether oxygens (including phenoxy) is 1. The predicted molar refractivity (Wildman–Crippen MR) is 120 cm³/mol. The highest BCUT2D eigenvalue weighted by Gasteiger charge is 2.35. The molecule has 1 unspecified atom stereocenters. The van der Waals surface area contributed by atoms with Crippen LogP contribution in [0.3, 0.4) is 0 Å². The Labute approximate surface area is 184 Å². The van der Waals surface area contributed by atoms with Crippen molar-refractivity contribution >= 4 is 11.7 Å². The van der Waals surface area contributed by atoms with Crippen molar-refractivity contribution in [3.8, 4) is 5.75 Å². The smallest absolute Gasteiger partial charge is 0.239 e. The minimum Gasteiger partial charge on any atom is -0.491 e. The maximum absolute atomic E-state index is 12.7. The van der Waals surface area contributed by atoms with Crippen LogP contribution < -0.4 is 10.1 Å².